The highest BCUT2D eigenvalue weighted by molar-refractivity contribution is 7.92. The van der Waals surface area contributed by atoms with E-state index in [1.165, 1.54) is 30.3 Å². The number of hydrogen-bond donors (Lipinski definition) is 1. The predicted molar refractivity (Wildman–Crippen MR) is 81.5 cm³/mol. The number of sulfonamides is 1. The fourth-order valence-corrected chi connectivity index (χ4v) is 3.82. The fourth-order valence-electron chi connectivity index (χ4n) is 1.86. The molecule has 1 N–H and O–H groups in total. The molecular weight excluding hydrogens is 310 g/mol. The van der Waals surface area contributed by atoms with Crippen molar-refractivity contribution < 1.29 is 16.8 Å². The molecule has 0 aliphatic heterocycles. The highest BCUT2D eigenvalue weighted by Crippen LogP contribution is 2.21. The van der Waals surface area contributed by atoms with Gasteiger partial charge < -0.3 is 0 Å². The summed E-state index contributed by atoms with van der Waals surface area (Å²) in [5.74, 6) is 0. The van der Waals surface area contributed by atoms with Crippen LogP contribution in [0, 0.1) is 6.92 Å². The van der Waals surface area contributed by atoms with E-state index >= 15 is 0 Å². The second-order valence-electron chi connectivity index (χ2n) is 4.67. The second-order valence-corrected chi connectivity index (χ2v) is 8.34. The van der Waals surface area contributed by atoms with Gasteiger partial charge in [0.25, 0.3) is 10.0 Å². The molecule has 5 nitrogen and oxygen atoms in total. The number of hydrogen-bond acceptors (Lipinski definition) is 4. The molecule has 0 amide bonds. The van der Waals surface area contributed by atoms with Crippen molar-refractivity contribution in [1.29, 1.82) is 0 Å². The zero-order chi connectivity index (χ0) is 15.7. The van der Waals surface area contributed by atoms with Crippen molar-refractivity contribution >= 4 is 25.5 Å². The minimum Gasteiger partial charge on any atom is -0.280 e. The molecule has 0 spiro atoms. The van der Waals surface area contributed by atoms with Gasteiger partial charge in [0.05, 0.1) is 15.5 Å². The third-order valence-corrected chi connectivity index (χ3v) is 5.55. The lowest BCUT2D eigenvalue weighted by Gasteiger charge is -2.11. The highest BCUT2D eigenvalue weighted by Gasteiger charge is 2.17. The maximum absolute atomic E-state index is 12.3. The van der Waals surface area contributed by atoms with E-state index in [2.05, 4.69) is 4.72 Å². The van der Waals surface area contributed by atoms with Gasteiger partial charge in [0.1, 0.15) is 0 Å². The van der Waals surface area contributed by atoms with Crippen LogP contribution < -0.4 is 4.72 Å². The Morgan fingerprint density at radius 1 is 0.905 bits per heavy atom. The molecule has 2 rings (SSSR count). The molecule has 0 aliphatic rings. The average Bonchev–Trinajstić information content (AvgIpc) is 2.37. The Bertz CT molecular complexity index is 871. The lowest BCUT2D eigenvalue weighted by molar-refractivity contribution is 0.598. The third kappa shape index (κ3) is 3.62. The summed E-state index contributed by atoms with van der Waals surface area (Å²) in [4.78, 5) is 0.224. The first-order valence-electron chi connectivity index (χ1n) is 6.09. The molecule has 0 radical (unpaired) electrons. The first-order chi connectivity index (χ1) is 9.70. The summed E-state index contributed by atoms with van der Waals surface area (Å²) in [7, 11) is -7.14. The summed E-state index contributed by atoms with van der Waals surface area (Å²) < 4.78 is 50.0. The van der Waals surface area contributed by atoms with Crippen LogP contribution >= 0.6 is 0 Å². The minimum atomic E-state index is -3.75. The molecule has 0 atom stereocenters. The summed E-state index contributed by atoms with van der Waals surface area (Å²) >= 11 is 0. The van der Waals surface area contributed by atoms with Crippen LogP contribution in [0.3, 0.4) is 0 Å². The van der Waals surface area contributed by atoms with Crippen molar-refractivity contribution in [2.24, 2.45) is 0 Å². The number of nitrogens with one attached hydrogen (secondary N) is 1. The molecule has 0 fully saturated rings. The minimum absolute atomic E-state index is 0.0625. The SMILES string of the molecule is Cc1ccccc1S(=O)(=O)Nc1cccc(S(C)(=O)=O)c1. The monoisotopic (exact) mass is 325 g/mol. The van der Waals surface area contributed by atoms with Crippen molar-refractivity contribution in [1.82, 2.24) is 0 Å². The first-order valence-corrected chi connectivity index (χ1v) is 9.46. The molecule has 7 heteroatoms. The molecule has 0 saturated heterocycles. The summed E-state index contributed by atoms with van der Waals surface area (Å²) in [6, 6.07) is 12.3. The molecule has 0 aromatic heterocycles. The molecule has 0 aliphatic carbocycles. The summed E-state index contributed by atoms with van der Waals surface area (Å²) in [5.41, 5.74) is 0.824. The zero-order valence-corrected chi connectivity index (χ0v) is 13.2. The Labute approximate surface area is 124 Å². The van der Waals surface area contributed by atoms with Crippen LogP contribution in [0.15, 0.2) is 58.3 Å². The average molecular weight is 325 g/mol. The molecule has 0 bridgehead atoms. The fraction of sp³-hybridized carbons (Fsp3) is 0.143. The van der Waals surface area contributed by atoms with E-state index in [1.807, 2.05) is 0 Å². The van der Waals surface area contributed by atoms with Crippen LogP contribution in [0.25, 0.3) is 0 Å². The van der Waals surface area contributed by atoms with Gasteiger partial charge in [-0.15, -0.1) is 0 Å². The number of aryl methyl sites for hydroxylation is 1. The van der Waals surface area contributed by atoms with Gasteiger partial charge in [-0.2, -0.15) is 0 Å². The standard InChI is InChI=1S/C14H15NO4S2/c1-11-6-3-4-9-14(11)21(18,19)15-12-7-5-8-13(10-12)20(2,16)17/h3-10,15H,1-2H3. The Balaban J connectivity index is 2.41. The summed E-state index contributed by atoms with van der Waals surface area (Å²) in [6.07, 6.45) is 1.07. The quantitative estimate of drug-likeness (QED) is 0.934. The van der Waals surface area contributed by atoms with Crippen molar-refractivity contribution in [3.63, 3.8) is 0 Å². The van der Waals surface area contributed by atoms with Gasteiger partial charge in [-0.05, 0) is 36.8 Å². The first kappa shape index (κ1) is 15.5. The normalized spacial score (nSPS) is 12.1. The lowest BCUT2D eigenvalue weighted by atomic mass is 10.2. The van der Waals surface area contributed by atoms with Crippen molar-refractivity contribution in [3.8, 4) is 0 Å². The molecule has 2 aromatic rings. The maximum atomic E-state index is 12.3. The van der Waals surface area contributed by atoms with Gasteiger partial charge in [0, 0.05) is 6.26 Å². The molecule has 2 aromatic carbocycles. The number of benzene rings is 2. The molecule has 0 unspecified atom stereocenters. The van der Waals surface area contributed by atoms with Gasteiger partial charge in [0.2, 0.25) is 0 Å². The van der Waals surface area contributed by atoms with E-state index < -0.39 is 19.9 Å². The van der Waals surface area contributed by atoms with Gasteiger partial charge in [-0.1, -0.05) is 24.3 Å². The van der Waals surface area contributed by atoms with E-state index in [0.717, 1.165) is 6.26 Å². The largest absolute Gasteiger partial charge is 0.280 e. The van der Waals surface area contributed by atoms with E-state index in [9.17, 15) is 16.8 Å². The zero-order valence-electron chi connectivity index (χ0n) is 11.6. The van der Waals surface area contributed by atoms with Gasteiger partial charge >= 0.3 is 0 Å². The lowest BCUT2D eigenvalue weighted by Crippen LogP contribution is -2.14. The predicted octanol–water partition coefficient (Wildman–Crippen LogP) is 2.20. The van der Waals surface area contributed by atoms with Crippen LogP contribution in [0.1, 0.15) is 5.56 Å². The number of sulfone groups is 1. The molecular formula is C14H15NO4S2. The topological polar surface area (TPSA) is 80.3 Å². The van der Waals surface area contributed by atoms with Crippen LogP contribution in [0.5, 0.6) is 0 Å². The molecule has 112 valence electrons. The molecule has 0 saturated carbocycles. The molecule has 0 heterocycles. The summed E-state index contributed by atoms with van der Waals surface area (Å²) in [6.45, 7) is 1.70. The van der Waals surface area contributed by atoms with Crippen molar-refractivity contribution in [2.45, 2.75) is 16.7 Å². The van der Waals surface area contributed by atoms with Crippen molar-refractivity contribution in [2.75, 3.05) is 11.0 Å². The summed E-state index contributed by atoms with van der Waals surface area (Å²) in [5, 5.41) is 0. The van der Waals surface area contributed by atoms with E-state index in [4.69, 9.17) is 0 Å². The Morgan fingerprint density at radius 2 is 1.57 bits per heavy atom. The van der Waals surface area contributed by atoms with Gasteiger partial charge in [0.15, 0.2) is 9.84 Å². The van der Waals surface area contributed by atoms with Gasteiger partial charge in [-0.3, -0.25) is 4.72 Å². The molecule has 21 heavy (non-hydrogen) atoms. The smallest absolute Gasteiger partial charge is 0.262 e. The maximum Gasteiger partial charge on any atom is 0.262 e. The highest BCUT2D eigenvalue weighted by atomic mass is 32.2. The third-order valence-electron chi connectivity index (χ3n) is 2.90. The van der Waals surface area contributed by atoms with Crippen LogP contribution in [-0.2, 0) is 19.9 Å². The number of anilines is 1. The Morgan fingerprint density at radius 3 is 2.19 bits per heavy atom. The second kappa shape index (κ2) is 5.50. The van der Waals surface area contributed by atoms with Crippen LogP contribution in [-0.4, -0.2) is 23.1 Å². The van der Waals surface area contributed by atoms with E-state index in [0.29, 0.717) is 5.56 Å². The van der Waals surface area contributed by atoms with Crippen LogP contribution in [0.4, 0.5) is 5.69 Å². The van der Waals surface area contributed by atoms with Crippen LogP contribution in [0.2, 0.25) is 0 Å². The Kier molecular flexibility index (Phi) is 4.06. The van der Waals surface area contributed by atoms with E-state index in [-0.39, 0.29) is 15.5 Å². The van der Waals surface area contributed by atoms with Gasteiger partial charge in [-0.25, -0.2) is 16.8 Å². The Hall–Kier alpha value is -1.86. The van der Waals surface area contributed by atoms with Crippen molar-refractivity contribution in [3.05, 3.63) is 54.1 Å². The van der Waals surface area contributed by atoms with E-state index in [1.54, 1.807) is 25.1 Å². The number of rotatable bonds is 4.